The van der Waals surface area contributed by atoms with Crippen LogP contribution in [-0.2, 0) is 11.3 Å². The van der Waals surface area contributed by atoms with Gasteiger partial charge in [-0.1, -0.05) is 30.3 Å². The summed E-state index contributed by atoms with van der Waals surface area (Å²) in [6.07, 6.45) is 2.11. The molecule has 2 aliphatic heterocycles. The maximum atomic E-state index is 13.0. The Morgan fingerprint density at radius 3 is 2.77 bits per heavy atom. The summed E-state index contributed by atoms with van der Waals surface area (Å²) in [5.41, 5.74) is 2.44. The Bertz CT molecular complexity index is 860. The zero-order valence-electron chi connectivity index (χ0n) is 15.1. The largest absolute Gasteiger partial charge is 0.335 e. The predicted octanol–water partition coefficient (Wildman–Crippen LogP) is 1.97. The molecule has 5 heteroatoms. The van der Waals surface area contributed by atoms with Crippen molar-refractivity contribution in [2.45, 2.75) is 25.9 Å². The summed E-state index contributed by atoms with van der Waals surface area (Å²) in [6.45, 7) is 5.31. The average Bonchev–Trinajstić information content (AvgIpc) is 3.22. The van der Waals surface area contributed by atoms with Gasteiger partial charge < -0.3 is 14.8 Å². The number of rotatable bonds is 4. The van der Waals surface area contributed by atoms with Crippen LogP contribution in [0.3, 0.4) is 0 Å². The van der Waals surface area contributed by atoms with E-state index in [1.54, 1.807) is 16.8 Å². The van der Waals surface area contributed by atoms with Crippen molar-refractivity contribution in [3.8, 4) is 0 Å². The Balaban J connectivity index is 1.56. The molecular formula is C21H25N3O2. The lowest BCUT2D eigenvalue weighted by Gasteiger charge is -2.29. The number of likely N-dealkylation sites (tertiary alicyclic amines) is 1. The first-order valence-corrected chi connectivity index (χ1v) is 9.36. The molecule has 0 spiro atoms. The molecule has 2 saturated heterocycles. The van der Waals surface area contributed by atoms with Crippen molar-refractivity contribution in [2.24, 2.45) is 11.8 Å². The van der Waals surface area contributed by atoms with Crippen LogP contribution in [0.15, 0.2) is 53.5 Å². The van der Waals surface area contributed by atoms with Crippen molar-refractivity contribution in [3.05, 3.63) is 70.1 Å². The highest BCUT2D eigenvalue weighted by atomic mass is 16.2. The van der Waals surface area contributed by atoms with E-state index < -0.39 is 0 Å². The van der Waals surface area contributed by atoms with E-state index in [0.29, 0.717) is 24.8 Å². The van der Waals surface area contributed by atoms with Gasteiger partial charge in [-0.15, -0.1) is 0 Å². The fourth-order valence-corrected chi connectivity index (χ4v) is 4.50. The quantitative estimate of drug-likeness (QED) is 0.916. The number of pyridine rings is 1. The van der Waals surface area contributed by atoms with Crippen LogP contribution >= 0.6 is 0 Å². The second-order valence-corrected chi connectivity index (χ2v) is 7.41. The van der Waals surface area contributed by atoms with E-state index >= 15 is 0 Å². The Morgan fingerprint density at radius 1 is 1.15 bits per heavy atom. The molecule has 1 aromatic carbocycles. The number of carbonyl (C=O) groups is 1. The van der Waals surface area contributed by atoms with Crippen molar-refractivity contribution < 1.29 is 4.79 Å². The molecule has 2 aromatic rings. The number of nitrogens with one attached hydrogen (secondary N) is 1. The number of fused-ring (bicyclic) bond motifs is 1. The molecule has 0 unspecified atom stereocenters. The summed E-state index contributed by atoms with van der Waals surface area (Å²) in [6, 6.07) is 13.6. The van der Waals surface area contributed by atoms with E-state index in [1.165, 1.54) is 17.2 Å². The van der Waals surface area contributed by atoms with Crippen molar-refractivity contribution in [3.63, 3.8) is 0 Å². The second-order valence-electron chi connectivity index (χ2n) is 7.41. The monoisotopic (exact) mass is 351 g/mol. The van der Waals surface area contributed by atoms with Gasteiger partial charge in [0, 0.05) is 50.8 Å². The minimum Gasteiger partial charge on any atom is -0.335 e. The third-order valence-corrected chi connectivity index (χ3v) is 5.86. The number of carbonyl (C=O) groups excluding carboxylic acids is 1. The fraction of sp³-hybridized carbons (Fsp3) is 0.429. The number of aryl methyl sites for hydroxylation is 2. The first kappa shape index (κ1) is 17.0. The Hall–Kier alpha value is -2.40. The second kappa shape index (κ2) is 7.08. The molecule has 1 aromatic heterocycles. The van der Waals surface area contributed by atoms with Crippen LogP contribution in [0, 0.1) is 18.8 Å². The summed E-state index contributed by atoms with van der Waals surface area (Å²) >= 11 is 0. The molecule has 0 saturated carbocycles. The summed E-state index contributed by atoms with van der Waals surface area (Å²) < 4.78 is 1.61. The van der Waals surface area contributed by atoms with Crippen LogP contribution in [0.4, 0.5) is 0 Å². The molecule has 136 valence electrons. The topological polar surface area (TPSA) is 54.3 Å². The SMILES string of the molecule is Cc1ccccc1[C@H]1[C@H]2CNC[C@H]2CN1C(=O)CCn1ccccc1=O. The lowest BCUT2D eigenvalue weighted by molar-refractivity contribution is -0.132. The number of aromatic nitrogens is 1. The molecule has 0 bridgehead atoms. The summed E-state index contributed by atoms with van der Waals surface area (Å²) in [4.78, 5) is 27.0. The molecule has 5 nitrogen and oxygen atoms in total. The van der Waals surface area contributed by atoms with E-state index in [2.05, 4.69) is 35.3 Å². The molecule has 2 aliphatic rings. The molecule has 4 rings (SSSR count). The van der Waals surface area contributed by atoms with Gasteiger partial charge in [-0.05, 0) is 30.0 Å². The molecule has 0 aliphatic carbocycles. The summed E-state index contributed by atoms with van der Waals surface area (Å²) in [7, 11) is 0. The van der Waals surface area contributed by atoms with E-state index in [-0.39, 0.29) is 17.5 Å². The first-order valence-electron chi connectivity index (χ1n) is 9.36. The van der Waals surface area contributed by atoms with Crippen molar-refractivity contribution >= 4 is 5.91 Å². The van der Waals surface area contributed by atoms with Gasteiger partial charge in [-0.25, -0.2) is 0 Å². The van der Waals surface area contributed by atoms with Gasteiger partial charge in [0.25, 0.3) is 5.56 Å². The first-order chi connectivity index (χ1) is 12.6. The zero-order chi connectivity index (χ0) is 18.1. The predicted molar refractivity (Wildman–Crippen MR) is 101 cm³/mol. The lowest BCUT2D eigenvalue weighted by atomic mass is 9.87. The molecule has 1 N–H and O–H groups in total. The standard InChI is InChI=1S/C21H25N3O2/c1-15-6-2-3-7-17(15)21-18-13-22-12-16(18)14-24(21)20(26)9-11-23-10-5-4-8-19(23)25/h2-8,10,16,18,21-22H,9,11-14H2,1H3/t16-,18-,21-/m0/s1. The molecule has 2 fully saturated rings. The molecule has 0 radical (unpaired) electrons. The minimum absolute atomic E-state index is 0.0572. The fourth-order valence-electron chi connectivity index (χ4n) is 4.50. The Labute approximate surface area is 153 Å². The van der Waals surface area contributed by atoms with E-state index in [1.807, 2.05) is 12.1 Å². The van der Waals surface area contributed by atoms with Gasteiger partial charge in [-0.2, -0.15) is 0 Å². The highest BCUT2D eigenvalue weighted by Gasteiger charge is 2.46. The average molecular weight is 351 g/mol. The maximum Gasteiger partial charge on any atom is 0.250 e. The van der Waals surface area contributed by atoms with Crippen LogP contribution in [0.1, 0.15) is 23.6 Å². The lowest BCUT2D eigenvalue weighted by Crippen LogP contribution is -2.36. The normalized spacial score (nSPS) is 24.7. The summed E-state index contributed by atoms with van der Waals surface area (Å²) in [5, 5.41) is 3.48. The molecular weight excluding hydrogens is 326 g/mol. The van der Waals surface area contributed by atoms with Gasteiger partial charge in [0.1, 0.15) is 0 Å². The number of hydrogen-bond acceptors (Lipinski definition) is 3. The zero-order valence-corrected chi connectivity index (χ0v) is 15.1. The van der Waals surface area contributed by atoms with Crippen molar-refractivity contribution in [1.29, 1.82) is 0 Å². The van der Waals surface area contributed by atoms with Gasteiger partial charge in [0.15, 0.2) is 0 Å². The Kier molecular flexibility index (Phi) is 4.64. The van der Waals surface area contributed by atoms with Gasteiger partial charge >= 0.3 is 0 Å². The maximum absolute atomic E-state index is 13.0. The van der Waals surface area contributed by atoms with Gasteiger partial charge in [0.2, 0.25) is 5.91 Å². The molecule has 26 heavy (non-hydrogen) atoms. The van der Waals surface area contributed by atoms with Crippen LogP contribution < -0.4 is 10.9 Å². The number of benzene rings is 1. The number of hydrogen-bond donors (Lipinski definition) is 1. The molecule has 1 amide bonds. The van der Waals surface area contributed by atoms with E-state index in [9.17, 15) is 9.59 Å². The van der Waals surface area contributed by atoms with Crippen LogP contribution in [-0.4, -0.2) is 35.0 Å². The third kappa shape index (κ3) is 3.07. The van der Waals surface area contributed by atoms with Crippen LogP contribution in [0.2, 0.25) is 0 Å². The highest BCUT2D eigenvalue weighted by Crippen LogP contribution is 2.43. The highest BCUT2D eigenvalue weighted by molar-refractivity contribution is 5.77. The van der Waals surface area contributed by atoms with Crippen molar-refractivity contribution in [2.75, 3.05) is 19.6 Å². The number of nitrogens with zero attached hydrogens (tertiary/aromatic N) is 2. The minimum atomic E-state index is -0.0572. The number of amides is 1. The third-order valence-electron chi connectivity index (χ3n) is 5.86. The Morgan fingerprint density at radius 2 is 1.96 bits per heavy atom. The molecule has 3 atom stereocenters. The smallest absolute Gasteiger partial charge is 0.250 e. The molecule has 3 heterocycles. The van der Waals surface area contributed by atoms with E-state index in [4.69, 9.17) is 0 Å². The van der Waals surface area contributed by atoms with Crippen LogP contribution in [0.5, 0.6) is 0 Å². The van der Waals surface area contributed by atoms with Gasteiger partial charge in [0.05, 0.1) is 6.04 Å². The summed E-state index contributed by atoms with van der Waals surface area (Å²) in [5.74, 6) is 1.13. The van der Waals surface area contributed by atoms with E-state index in [0.717, 1.165) is 19.6 Å². The van der Waals surface area contributed by atoms with Gasteiger partial charge in [-0.3, -0.25) is 9.59 Å². The van der Waals surface area contributed by atoms with Crippen LogP contribution in [0.25, 0.3) is 0 Å². The van der Waals surface area contributed by atoms with Crippen molar-refractivity contribution in [1.82, 2.24) is 14.8 Å².